The molecule has 0 radical (unpaired) electrons. The first-order chi connectivity index (χ1) is 15.2. The maximum absolute atomic E-state index is 12.6. The number of amides is 2. The van der Waals surface area contributed by atoms with E-state index in [1.165, 1.54) is 24.3 Å². The molecule has 0 spiro atoms. The first-order valence-electron chi connectivity index (χ1n) is 9.74. The van der Waals surface area contributed by atoms with E-state index >= 15 is 0 Å². The van der Waals surface area contributed by atoms with Crippen molar-refractivity contribution in [1.29, 1.82) is 0 Å². The third-order valence-electron chi connectivity index (χ3n) is 4.46. The van der Waals surface area contributed by atoms with E-state index in [4.69, 9.17) is 9.84 Å². The van der Waals surface area contributed by atoms with Crippen molar-refractivity contribution >= 4 is 23.9 Å². The fraction of sp³-hybridized carbons (Fsp3) is 0.273. The molecule has 0 saturated carbocycles. The second-order valence-corrected chi connectivity index (χ2v) is 6.96. The Hall–Kier alpha value is -4.08. The van der Waals surface area contributed by atoms with E-state index < -0.39 is 42.4 Å². The van der Waals surface area contributed by atoms with E-state index in [2.05, 4.69) is 10.6 Å². The van der Waals surface area contributed by atoms with Crippen molar-refractivity contribution in [3.05, 3.63) is 65.7 Å². The van der Waals surface area contributed by atoms with Gasteiger partial charge in [0.05, 0.1) is 0 Å². The quantitative estimate of drug-likeness (QED) is 0.349. The summed E-state index contributed by atoms with van der Waals surface area (Å²) in [7, 11) is 0. The Morgan fingerprint density at radius 1 is 0.844 bits per heavy atom. The molecule has 0 aliphatic rings. The molecule has 0 aliphatic heterocycles. The lowest BCUT2D eigenvalue weighted by Gasteiger charge is -2.21. The van der Waals surface area contributed by atoms with Gasteiger partial charge < -0.3 is 30.7 Å². The Kier molecular flexibility index (Phi) is 9.03. The van der Waals surface area contributed by atoms with Crippen LogP contribution in [0.15, 0.2) is 54.6 Å². The summed E-state index contributed by atoms with van der Waals surface area (Å²) < 4.78 is 5.06. The molecule has 2 amide bonds. The van der Waals surface area contributed by atoms with Gasteiger partial charge in [-0.25, -0.2) is 9.59 Å². The summed E-state index contributed by atoms with van der Waals surface area (Å²) in [6.45, 7) is -0.0570. The number of nitrogens with one attached hydrogen (secondary N) is 2. The number of alkyl carbamates (subject to hydrolysis) is 1. The van der Waals surface area contributed by atoms with Crippen LogP contribution in [0.5, 0.6) is 5.75 Å². The van der Waals surface area contributed by atoms with Crippen LogP contribution in [-0.4, -0.2) is 51.3 Å². The highest BCUT2D eigenvalue weighted by Crippen LogP contribution is 2.12. The molecule has 170 valence electrons. The molecule has 0 unspecified atom stereocenters. The number of phenols is 1. The Balaban J connectivity index is 2.01. The number of rotatable bonds is 11. The Labute approximate surface area is 183 Å². The fourth-order valence-electron chi connectivity index (χ4n) is 2.78. The number of carboxylic acids is 2. The predicted octanol–water partition coefficient (Wildman–Crippen LogP) is 1.66. The van der Waals surface area contributed by atoms with Gasteiger partial charge >= 0.3 is 18.0 Å². The van der Waals surface area contributed by atoms with Crippen LogP contribution in [0.25, 0.3) is 0 Å². The van der Waals surface area contributed by atoms with Crippen LogP contribution >= 0.6 is 0 Å². The Bertz CT molecular complexity index is 931. The topological polar surface area (TPSA) is 162 Å². The summed E-state index contributed by atoms with van der Waals surface area (Å²) in [5, 5.41) is 32.3. The number of hydrogen-bond acceptors (Lipinski definition) is 6. The second kappa shape index (κ2) is 11.9. The summed E-state index contributed by atoms with van der Waals surface area (Å²) in [6.07, 6.45) is -1.70. The zero-order valence-corrected chi connectivity index (χ0v) is 17.1. The molecule has 32 heavy (non-hydrogen) atoms. The molecule has 0 aromatic heterocycles. The first kappa shape index (κ1) is 24.2. The summed E-state index contributed by atoms with van der Waals surface area (Å²) in [4.78, 5) is 47.3. The van der Waals surface area contributed by atoms with Crippen molar-refractivity contribution in [1.82, 2.24) is 10.6 Å². The van der Waals surface area contributed by atoms with Crippen LogP contribution in [0.4, 0.5) is 4.79 Å². The van der Waals surface area contributed by atoms with E-state index in [0.29, 0.717) is 11.1 Å². The van der Waals surface area contributed by atoms with Crippen LogP contribution in [-0.2, 0) is 32.1 Å². The zero-order valence-electron chi connectivity index (χ0n) is 17.1. The van der Waals surface area contributed by atoms with Gasteiger partial charge in [-0.1, -0.05) is 42.5 Å². The standard InChI is InChI=1S/C22H24N2O8/c25-16-8-6-14(7-9-16)12-18(21(29)30)23-20(28)17(10-11-19(26)27)24-22(31)32-13-15-4-2-1-3-5-15/h1-9,17-18,25H,10-13H2,(H,23,28)(H,24,31)(H,26,27)(H,29,30)/t17-,18+/m0/s1. The van der Waals surface area contributed by atoms with E-state index in [1.807, 2.05) is 0 Å². The number of aliphatic carboxylic acids is 2. The molecule has 10 heteroatoms. The van der Waals surface area contributed by atoms with Gasteiger partial charge in [-0.3, -0.25) is 9.59 Å². The molecule has 0 saturated heterocycles. The third-order valence-corrected chi connectivity index (χ3v) is 4.46. The van der Waals surface area contributed by atoms with Gasteiger partial charge in [0.15, 0.2) is 0 Å². The number of aromatic hydroxyl groups is 1. The number of carbonyl (C=O) groups excluding carboxylic acids is 2. The van der Waals surface area contributed by atoms with Crippen molar-refractivity contribution in [3.63, 3.8) is 0 Å². The predicted molar refractivity (Wildman–Crippen MR) is 112 cm³/mol. The number of carbonyl (C=O) groups is 4. The lowest BCUT2D eigenvalue weighted by Crippen LogP contribution is -2.52. The van der Waals surface area contributed by atoms with Crippen molar-refractivity contribution in [2.24, 2.45) is 0 Å². The van der Waals surface area contributed by atoms with Gasteiger partial charge in [0.25, 0.3) is 0 Å². The largest absolute Gasteiger partial charge is 0.508 e. The summed E-state index contributed by atoms with van der Waals surface area (Å²) >= 11 is 0. The van der Waals surface area contributed by atoms with Gasteiger partial charge in [0.1, 0.15) is 24.4 Å². The number of ether oxygens (including phenoxy) is 1. The number of benzene rings is 2. The van der Waals surface area contributed by atoms with E-state index in [1.54, 1.807) is 30.3 Å². The van der Waals surface area contributed by atoms with Gasteiger partial charge in [0.2, 0.25) is 5.91 Å². The minimum atomic E-state index is -1.33. The first-order valence-corrected chi connectivity index (χ1v) is 9.74. The molecule has 0 aliphatic carbocycles. The minimum absolute atomic E-state index is 0.0108. The van der Waals surface area contributed by atoms with Gasteiger partial charge in [-0.05, 0) is 29.7 Å². The summed E-state index contributed by atoms with van der Waals surface area (Å²) in [5.74, 6) is -3.33. The highest BCUT2D eigenvalue weighted by atomic mass is 16.5. The van der Waals surface area contributed by atoms with Crippen molar-refractivity contribution in [3.8, 4) is 5.75 Å². The Morgan fingerprint density at radius 3 is 2.09 bits per heavy atom. The van der Waals surface area contributed by atoms with E-state index in [9.17, 15) is 29.4 Å². The second-order valence-electron chi connectivity index (χ2n) is 6.96. The summed E-state index contributed by atoms with van der Waals surface area (Å²) in [6, 6.07) is 12.0. The van der Waals surface area contributed by atoms with Crippen LogP contribution < -0.4 is 10.6 Å². The summed E-state index contributed by atoms with van der Waals surface area (Å²) in [5.41, 5.74) is 1.27. The van der Waals surface area contributed by atoms with E-state index in [-0.39, 0.29) is 25.2 Å². The average molecular weight is 444 g/mol. The van der Waals surface area contributed by atoms with Crippen molar-refractivity contribution in [2.45, 2.75) is 38.0 Å². The van der Waals surface area contributed by atoms with Crippen LogP contribution in [0, 0.1) is 0 Å². The van der Waals surface area contributed by atoms with Crippen LogP contribution in [0.2, 0.25) is 0 Å². The van der Waals surface area contributed by atoms with Crippen molar-refractivity contribution in [2.75, 3.05) is 0 Å². The molecular weight excluding hydrogens is 420 g/mol. The van der Waals surface area contributed by atoms with Crippen LogP contribution in [0.1, 0.15) is 24.0 Å². The SMILES string of the molecule is O=C(O)CC[C@H](NC(=O)OCc1ccccc1)C(=O)N[C@H](Cc1ccc(O)cc1)C(=O)O. The maximum Gasteiger partial charge on any atom is 0.408 e. The highest BCUT2D eigenvalue weighted by molar-refractivity contribution is 5.89. The number of carboxylic acid groups (broad SMARTS) is 2. The van der Waals surface area contributed by atoms with Crippen LogP contribution in [0.3, 0.4) is 0 Å². The smallest absolute Gasteiger partial charge is 0.408 e. The average Bonchev–Trinajstić information content (AvgIpc) is 2.76. The molecule has 10 nitrogen and oxygen atoms in total. The number of hydrogen-bond donors (Lipinski definition) is 5. The molecule has 2 aromatic carbocycles. The lowest BCUT2D eigenvalue weighted by atomic mass is 10.0. The fourth-order valence-corrected chi connectivity index (χ4v) is 2.78. The normalized spacial score (nSPS) is 12.2. The molecule has 2 rings (SSSR count). The molecule has 2 aromatic rings. The lowest BCUT2D eigenvalue weighted by molar-refractivity contribution is -0.142. The van der Waals surface area contributed by atoms with Gasteiger partial charge in [0, 0.05) is 12.8 Å². The van der Waals surface area contributed by atoms with Gasteiger partial charge in [-0.15, -0.1) is 0 Å². The zero-order chi connectivity index (χ0) is 23.5. The molecule has 5 N–H and O–H groups in total. The number of phenolic OH excluding ortho intramolecular Hbond substituents is 1. The third kappa shape index (κ3) is 8.34. The highest BCUT2D eigenvalue weighted by Gasteiger charge is 2.27. The van der Waals surface area contributed by atoms with Gasteiger partial charge in [-0.2, -0.15) is 0 Å². The molecule has 0 heterocycles. The Morgan fingerprint density at radius 2 is 1.50 bits per heavy atom. The minimum Gasteiger partial charge on any atom is -0.508 e. The molecule has 0 fully saturated rings. The van der Waals surface area contributed by atoms with E-state index in [0.717, 1.165) is 0 Å². The van der Waals surface area contributed by atoms with Crippen molar-refractivity contribution < 1.29 is 39.2 Å². The maximum atomic E-state index is 12.6. The molecule has 0 bridgehead atoms. The molecular formula is C22H24N2O8. The monoisotopic (exact) mass is 444 g/mol. The molecule has 2 atom stereocenters.